The Bertz CT molecular complexity index is 737. The number of amides is 1. The number of piperidine rings is 1. The minimum atomic E-state index is -0.524. The minimum absolute atomic E-state index is 0.0373. The summed E-state index contributed by atoms with van der Waals surface area (Å²) in [5.41, 5.74) is 0. The van der Waals surface area contributed by atoms with Crippen LogP contribution < -0.4 is 4.74 Å². The second-order valence-electron chi connectivity index (χ2n) is 5.72. The van der Waals surface area contributed by atoms with Crippen LogP contribution in [0.4, 0.5) is 4.39 Å². The number of carbonyl (C=O) groups excluding carboxylic acids is 1. The highest BCUT2D eigenvalue weighted by atomic mass is 35.5. The maximum atomic E-state index is 13.1. The van der Waals surface area contributed by atoms with Crippen LogP contribution >= 0.6 is 11.6 Å². The van der Waals surface area contributed by atoms with Gasteiger partial charge in [0.25, 0.3) is 5.91 Å². The molecule has 0 N–H and O–H groups in total. The van der Waals surface area contributed by atoms with Crippen LogP contribution in [-0.2, 0) is 4.79 Å². The van der Waals surface area contributed by atoms with E-state index >= 15 is 0 Å². The fraction of sp³-hybridized carbons (Fsp3) is 0.438. The molecule has 3 rings (SSSR count). The molecule has 1 unspecified atom stereocenters. The van der Waals surface area contributed by atoms with E-state index in [1.54, 1.807) is 11.8 Å². The molecule has 0 bridgehead atoms. The van der Waals surface area contributed by atoms with Crippen molar-refractivity contribution in [3.63, 3.8) is 0 Å². The summed E-state index contributed by atoms with van der Waals surface area (Å²) < 4.78 is 23.7. The zero-order valence-electron chi connectivity index (χ0n) is 13.2. The molecule has 1 amide bonds. The van der Waals surface area contributed by atoms with E-state index < -0.39 is 5.82 Å². The molecule has 0 saturated carbocycles. The Labute approximate surface area is 143 Å². The predicted octanol–water partition coefficient (Wildman–Crippen LogP) is 2.96. The van der Waals surface area contributed by atoms with Gasteiger partial charge in [-0.15, -0.1) is 0 Å². The van der Waals surface area contributed by atoms with Gasteiger partial charge in [-0.05, 0) is 31.9 Å². The number of hydrogen-bond donors (Lipinski definition) is 0. The Morgan fingerprint density at radius 3 is 3.08 bits per heavy atom. The van der Waals surface area contributed by atoms with Gasteiger partial charge in [0.2, 0.25) is 5.89 Å². The summed E-state index contributed by atoms with van der Waals surface area (Å²) in [7, 11) is 0. The van der Waals surface area contributed by atoms with Crippen molar-refractivity contribution in [3.8, 4) is 5.75 Å². The number of aromatic nitrogens is 2. The van der Waals surface area contributed by atoms with Crippen molar-refractivity contribution in [2.24, 2.45) is 0 Å². The van der Waals surface area contributed by atoms with Gasteiger partial charge in [-0.3, -0.25) is 4.79 Å². The number of aryl methyl sites for hydroxylation is 1. The molecular weight excluding hydrogens is 337 g/mol. The van der Waals surface area contributed by atoms with E-state index in [-0.39, 0.29) is 23.5 Å². The second-order valence-corrected chi connectivity index (χ2v) is 6.13. The monoisotopic (exact) mass is 353 g/mol. The standard InChI is InChI=1S/C16H17ClFN3O3/c1-10-19-16(24-20-10)11-3-2-6-21(8-11)15(22)9-23-12-4-5-14(18)13(17)7-12/h4-5,7,11H,2-3,6,8-9H2,1H3. The lowest BCUT2D eigenvalue weighted by molar-refractivity contribution is -0.134. The molecular formula is C16H17ClFN3O3. The highest BCUT2D eigenvalue weighted by Gasteiger charge is 2.28. The summed E-state index contributed by atoms with van der Waals surface area (Å²) in [5, 5.41) is 3.76. The molecule has 128 valence electrons. The number of halogens is 2. The highest BCUT2D eigenvalue weighted by Crippen LogP contribution is 2.26. The van der Waals surface area contributed by atoms with Crippen LogP contribution in [0.3, 0.4) is 0 Å². The molecule has 1 atom stereocenters. The van der Waals surface area contributed by atoms with Crippen molar-refractivity contribution in [2.45, 2.75) is 25.7 Å². The van der Waals surface area contributed by atoms with Crippen molar-refractivity contribution in [1.29, 1.82) is 0 Å². The first kappa shape index (κ1) is 16.7. The molecule has 1 fully saturated rings. The van der Waals surface area contributed by atoms with E-state index in [1.165, 1.54) is 18.2 Å². The van der Waals surface area contributed by atoms with Crippen LogP contribution in [0.5, 0.6) is 5.75 Å². The lowest BCUT2D eigenvalue weighted by Gasteiger charge is -2.30. The first-order chi connectivity index (χ1) is 11.5. The molecule has 1 aliphatic heterocycles. The second kappa shape index (κ2) is 7.17. The predicted molar refractivity (Wildman–Crippen MR) is 84.5 cm³/mol. The molecule has 1 aliphatic rings. The normalized spacial score (nSPS) is 17.8. The van der Waals surface area contributed by atoms with E-state index in [0.717, 1.165) is 12.8 Å². The summed E-state index contributed by atoms with van der Waals surface area (Å²) in [6, 6.07) is 4.00. The number of benzene rings is 1. The van der Waals surface area contributed by atoms with Crippen molar-refractivity contribution >= 4 is 17.5 Å². The third kappa shape index (κ3) is 3.84. The largest absolute Gasteiger partial charge is 0.484 e. The fourth-order valence-corrected chi connectivity index (χ4v) is 2.86. The average molecular weight is 354 g/mol. The Morgan fingerprint density at radius 2 is 2.38 bits per heavy atom. The van der Waals surface area contributed by atoms with E-state index in [0.29, 0.717) is 30.6 Å². The van der Waals surface area contributed by atoms with Crippen molar-refractivity contribution in [2.75, 3.05) is 19.7 Å². The highest BCUT2D eigenvalue weighted by molar-refractivity contribution is 6.30. The molecule has 6 nitrogen and oxygen atoms in total. The maximum Gasteiger partial charge on any atom is 0.260 e. The first-order valence-electron chi connectivity index (χ1n) is 7.69. The van der Waals surface area contributed by atoms with Crippen LogP contribution in [0, 0.1) is 12.7 Å². The zero-order valence-corrected chi connectivity index (χ0v) is 13.9. The lowest BCUT2D eigenvalue weighted by Crippen LogP contribution is -2.41. The number of carbonyl (C=O) groups is 1. The Hall–Kier alpha value is -2.15. The molecule has 1 saturated heterocycles. The summed E-state index contributed by atoms with van der Waals surface area (Å²) in [5.74, 6) is 0.890. The van der Waals surface area contributed by atoms with Crippen LogP contribution in [0.2, 0.25) is 5.02 Å². The number of rotatable bonds is 4. The summed E-state index contributed by atoms with van der Waals surface area (Å²) >= 11 is 5.69. The summed E-state index contributed by atoms with van der Waals surface area (Å²) in [6.07, 6.45) is 1.76. The average Bonchev–Trinajstić information content (AvgIpc) is 3.02. The molecule has 8 heteroatoms. The third-order valence-corrected chi connectivity index (χ3v) is 4.21. The van der Waals surface area contributed by atoms with Crippen LogP contribution in [0.25, 0.3) is 0 Å². The van der Waals surface area contributed by atoms with Crippen LogP contribution in [0.1, 0.15) is 30.5 Å². The van der Waals surface area contributed by atoms with E-state index in [9.17, 15) is 9.18 Å². The lowest BCUT2D eigenvalue weighted by atomic mass is 9.98. The van der Waals surface area contributed by atoms with Gasteiger partial charge in [0.05, 0.1) is 10.9 Å². The molecule has 0 spiro atoms. The smallest absolute Gasteiger partial charge is 0.260 e. The molecule has 0 radical (unpaired) electrons. The van der Waals surface area contributed by atoms with Gasteiger partial charge in [0, 0.05) is 19.2 Å². The quantitative estimate of drug-likeness (QED) is 0.845. The van der Waals surface area contributed by atoms with Gasteiger partial charge in [-0.2, -0.15) is 4.98 Å². The number of hydrogen-bond acceptors (Lipinski definition) is 5. The Morgan fingerprint density at radius 1 is 1.54 bits per heavy atom. The molecule has 2 aromatic rings. The van der Waals surface area contributed by atoms with Crippen LogP contribution in [-0.4, -0.2) is 40.6 Å². The van der Waals surface area contributed by atoms with Crippen molar-refractivity contribution < 1.29 is 18.4 Å². The van der Waals surface area contributed by atoms with Gasteiger partial charge >= 0.3 is 0 Å². The molecule has 24 heavy (non-hydrogen) atoms. The Balaban J connectivity index is 1.57. The first-order valence-corrected chi connectivity index (χ1v) is 8.06. The summed E-state index contributed by atoms with van der Waals surface area (Å²) in [6.45, 7) is 2.82. The number of nitrogens with zero attached hydrogens (tertiary/aromatic N) is 3. The number of likely N-dealkylation sites (tertiary alicyclic amines) is 1. The van der Waals surface area contributed by atoms with Gasteiger partial charge in [-0.1, -0.05) is 16.8 Å². The zero-order chi connectivity index (χ0) is 17.1. The minimum Gasteiger partial charge on any atom is -0.484 e. The maximum absolute atomic E-state index is 13.1. The molecule has 1 aromatic carbocycles. The van der Waals surface area contributed by atoms with E-state index in [1.807, 2.05) is 0 Å². The van der Waals surface area contributed by atoms with Crippen molar-refractivity contribution in [1.82, 2.24) is 15.0 Å². The van der Waals surface area contributed by atoms with Crippen LogP contribution in [0.15, 0.2) is 22.7 Å². The summed E-state index contributed by atoms with van der Waals surface area (Å²) in [4.78, 5) is 18.3. The van der Waals surface area contributed by atoms with Gasteiger partial charge in [0.15, 0.2) is 12.4 Å². The van der Waals surface area contributed by atoms with Gasteiger partial charge in [-0.25, -0.2) is 4.39 Å². The molecule has 2 heterocycles. The third-order valence-electron chi connectivity index (χ3n) is 3.92. The van der Waals surface area contributed by atoms with E-state index in [2.05, 4.69) is 10.1 Å². The fourth-order valence-electron chi connectivity index (χ4n) is 2.69. The Kier molecular flexibility index (Phi) is 4.99. The number of ether oxygens (including phenoxy) is 1. The topological polar surface area (TPSA) is 68.5 Å². The van der Waals surface area contributed by atoms with Gasteiger partial charge < -0.3 is 14.2 Å². The van der Waals surface area contributed by atoms with Crippen molar-refractivity contribution in [3.05, 3.63) is 40.8 Å². The SMILES string of the molecule is Cc1noc(C2CCCN(C(=O)COc3ccc(F)c(Cl)c3)C2)n1. The van der Waals surface area contributed by atoms with Gasteiger partial charge in [0.1, 0.15) is 11.6 Å². The molecule has 0 aliphatic carbocycles. The van der Waals surface area contributed by atoms with E-state index in [4.69, 9.17) is 20.9 Å². The molecule has 1 aromatic heterocycles.